The zero-order valence-electron chi connectivity index (χ0n) is 15.9. The number of piperidine rings is 1. The van der Waals surface area contributed by atoms with Gasteiger partial charge >= 0.3 is 0 Å². The van der Waals surface area contributed by atoms with Crippen LogP contribution in [0.15, 0.2) is 41.7 Å². The summed E-state index contributed by atoms with van der Waals surface area (Å²) in [7, 11) is 0. The highest BCUT2D eigenvalue weighted by molar-refractivity contribution is 8.00. The molecule has 1 atom stereocenters. The molecule has 6 nitrogen and oxygen atoms in total. The predicted octanol–water partition coefficient (Wildman–Crippen LogP) is 5.15. The molecule has 29 heavy (non-hydrogen) atoms. The monoisotopic (exact) mass is 449 g/mol. The average molecular weight is 450 g/mol. The number of anilines is 2. The molecule has 0 aliphatic carbocycles. The van der Waals surface area contributed by atoms with Crippen molar-refractivity contribution in [3.8, 4) is 0 Å². The summed E-state index contributed by atoms with van der Waals surface area (Å²) in [5.41, 5.74) is 2.49. The van der Waals surface area contributed by atoms with E-state index in [0.717, 1.165) is 18.8 Å². The van der Waals surface area contributed by atoms with Crippen molar-refractivity contribution in [2.45, 2.75) is 36.6 Å². The summed E-state index contributed by atoms with van der Waals surface area (Å²) in [4.78, 5) is 15.0. The molecule has 2 aromatic heterocycles. The Morgan fingerprint density at radius 2 is 1.86 bits per heavy atom. The second kappa shape index (κ2) is 8.81. The van der Waals surface area contributed by atoms with Crippen LogP contribution in [0.5, 0.6) is 0 Å². The summed E-state index contributed by atoms with van der Waals surface area (Å²) in [6.07, 6.45) is 5.47. The first kappa shape index (κ1) is 20.3. The average Bonchev–Trinajstić information content (AvgIpc) is 3.12. The van der Waals surface area contributed by atoms with Gasteiger partial charge in [-0.1, -0.05) is 35.0 Å². The lowest BCUT2D eigenvalue weighted by Crippen LogP contribution is -2.29. The molecule has 0 radical (unpaired) electrons. The Kier molecular flexibility index (Phi) is 6.18. The molecule has 4 rings (SSSR count). The molecule has 9 heteroatoms. The minimum absolute atomic E-state index is 0.106. The number of pyridine rings is 1. The number of halogens is 2. The number of carbonyl (C=O) groups excluding carboxylic acids is 1. The Morgan fingerprint density at radius 3 is 2.59 bits per heavy atom. The summed E-state index contributed by atoms with van der Waals surface area (Å²) in [5, 5.41) is 12.3. The van der Waals surface area contributed by atoms with Gasteiger partial charge in [0.2, 0.25) is 5.91 Å². The minimum Gasteiger partial charge on any atom is -0.372 e. The molecule has 0 spiro atoms. The van der Waals surface area contributed by atoms with Crippen LogP contribution in [0.1, 0.15) is 26.2 Å². The maximum absolute atomic E-state index is 12.6. The quantitative estimate of drug-likeness (QED) is 0.545. The van der Waals surface area contributed by atoms with E-state index in [1.807, 2.05) is 19.1 Å². The van der Waals surface area contributed by atoms with Gasteiger partial charge in [-0.2, -0.15) is 0 Å². The second-order valence-electron chi connectivity index (χ2n) is 7.03. The van der Waals surface area contributed by atoms with Gasteiger partial charge in [0.15, 0.2) is 10.8 Å². The fourth-order valence-corrected chi connectivity index (χ4v) is 4.68. The van der Waals surface area contributed by atoms with E-state index in [1.165, 1.54) is 36.7 Å². The number of benzene rings is 1. The van der Waals surface area contributed by atoms with Crippen LogP contribution in [0.3, 0.4) is 0 Å². The molecule has 1 aliphatic heterocycles. The van der Waals surface area contributed by atoms with Crippen LogP contribution in [-0.4, -0.2) is 38.8 Å². The van der Waals surface area contributed by atoms with Gasteiger partial charge in [0.25, 0.3) is 0 Å². The number of nitrogens with zero attached hydrogens (tertiary/aromatic N) is 4. The molecule has 1 aromatic carbocycles. The summed E-state index contributed by atoms with van der Waals surface area (Å²) >= 11 is 13.5. The molecule has 1 unspecified atom stereocenters. The minimum atomic E-state index is -0.373. The molecule has 152 valence electrons. The number of carbonyl (C=O) groups is 1. The molecule has 1 amide bonds. The first-order valence-corrected chi connectivity index (χ1v) is 11.2. The van der Waals surface area contributed by atoms with E-state index in [9.17, 15) is 4.79 Å². The number of amides is 1. The SMILES string of the molecule is CC(Sc1nnc2c(Cl)cc(Cl)cn12)C(=O)Nc1ccc(N2CCCCC2)cc1. The van der Waals surface area contributed by atoms with Crippen molar-refractivity contribution >= 4 is 57.9 Å². The zero-order valence-corrected chi connectivity index (χ0v) is 18.3. The number of nitrogens with one attached hydrogen (secondary N) is 1. The number of thioether (sulfide) groups is 1. The smallest absolute Gasteiger partial charge is 0.237 e. The van der Waals surface area contributed by atoms with Gasteiger partial charge < -0.3 is 10.2 Å². The van der Waals surface area contributed by atoms with Gasteiger partial charge in [-0.3, -0.25) is 9.20 Å². The van der Waals surface area contributed by atoms with Crippen LogP contribution >= 0.6 is 35.0 Å². The Labute approximate surface area is 183 Å². The largest absolute Gasteiger partial charge is 0.372 e. The zero-order chi connectivity index (χ0) is 20.4. The number of aromatic nitrogens is 3. The lowest BCUT2D eigenvalue weighted by Gasteiger charge is -2.28. The van der Waals surface area contributed by atoms with Crippen LogP contribution in [0.2, 0.25) is 10.0 Å². The van der Waals surface area contributed by atoms with Gasteiger partial charge in [-0.05, 0) is 56.5 Å². The van der Waals surface area contributed by atoms with Crippen LogP contribution in [0.4, 0.5) is 11.4 Å². The topological polar surface area (TPSA) is 62.5 Å². The molecule has 1 fully saturated rings. The van der Waals surface area contributed by atoms with Crippen molar-refractivity contribution in [2.75, 3.05) is 23.3 Å². The highest BCUT2D eigenvalue weighted by Crippen LogP contribution is 2.28. The normalized spacial score (nSPS) is 15.5. The van der Waals surface area contributed by atoms with Gasteiger partial charge in [-0.15, -0.1) is 10.2 Å². The van der Waals surface area contributed by atoms with Crippen LogP contribution in [0.25, 0.3) is 5.65 Å². The highest BCUT2D eigenvalue weighted by atomic mass is 35.5. The van der Waals surface area contributed by atoms with Crippen molar-refractivity contribution < 1.29 is 4.79 Å². The Bertz CT molecular complexity index is 1020. The number of hydrogen-bond donors (Lipinski definition) is 1. The first-order chi connectivity index (χ1) is 14.0. The number of hydrogen-bond acceptors (Lipinski definition) is 5. The molecular weight excluding hydrogens is 429 g/mol. The van der Waals surface area contributed by atoms with Crippen molar-refractivity contribution in [1.29, 1.82) is 0 Å². The predicted molar refractivity (Wildman–Crippen MR) is 119 cm³/mol. The summed E-state index contributed by atoms with van der Waals surface area (Å²) in [5.74, 6) is -0.106. The lowest BCUT2D eigenvalue weighted by molar-refractivity contribution is -0.115. The van der Waals surface area contributed by atoms with Crippen LogP contribution in [0, 0.1) is 0 Å². The van der Waals surface area contributed by atoms with Crippen LogP contribution < -0.4 is 10.2 Å². The molecule has 1 saturated heterocycles. The van der Waals surface area contributed by atoms with E-state index < -0.39 is 0 Å². The van der Waals surface area contributed by atoms with E-state index in [0.29, 0.717) is 20.8 Å². The third-order valence-electron chi connectivity index (χ3n) is 4.90. The summed E-state index contributed by atoms with van der Waals surface area (Å²) < 4.78 is 1.70. The van der Waals surface area contributed by atoms with E-state index in [1.54, 1.807) is 16.7 Å². The van der Waals surface area contributed by atoms with Crippen molar-refractivity contribution in [3.05, 3.63) is 46.6 Å². The fraction of sp³-hybridized carbons (Fsp3) is 0.350. The van der Waals surface area contributed by atoms with E-state index in [2.05, 4.69) is 32.5 Å². The summed E-state index contributed by atoms with van der Waals surface area (Å²) in [6.45, 7) is 4.02. The first-order valence-electron chi connectivity index (χ1n) is 9.53. The number of rotatable bonds is 5. The van der Waals surface area contributed by atoms with Crippen molar-refractivity contribution in [1.82, 2.24) is 14.6 Å². The second-order valence-corrected chi connectivity index (χ2v) is 9.18. The maximum Gasteiger partial charge on any atom is 0.237 e. The Hall–Kier alpha value is -1.96. The molecule has 3 aromatic rings. The van der Waals surface area contributed by atoms with Crippen molar-refractivity contribution in [3.63, 3.8) is 0 Å². The standard InChI is InChI=1S/C20H21Cl2N5OS/c1-13(29-20-25-24-18-17(22)11-14(21)12-27(18)20)19(28)23-15-5-7-16(8-6-15)26-9-3-2-4-10-26/h5-8,11-13H,2-4,9-10H2,1H3,(H,23,28). The van der Waals surface area contributed by atoms with Gasteiger partial charge in [0.05, 0.1) is 15.3 Å². The third-order valence-corrected chi connectivity index (χ3v) is 6.44. The molecular formula is C20H21Cl2N5OS. The number of fused-ring (bicyclic) bond motifs is 1. The molecule has 3 heterocycles. The summed E-state index contributed by atoms with van der Waals surface area (Å²) in [6, 6.07) is 9.64. The van der Waals surface area contributed by atoms with Gasteiger partial charge in [0, 0.05) is 30.7 Å². The third kappa shape index (κ3) is 4.63. The van der Waals surface area contributed by atoms with Gasteiger partial charge in [0.1, 0.15) is 0 Å². The maximum atomic E-state index is 12.6. The molecule has 1 N–H and O–H groups in total. The molecule has 1 aliphatic rings. The Morgan fingerprint density at radius 1 is 1.14 bits per heavy atom. The van der Waals surface area contributed by atoms with Crippen molar-refractivity contribution in [2.24, 2.45) is 0 Å². The van der Waals surface area contributed by atoms with Gasteiger partial charge in [-0.25, -0.2) is 0 Å². The highest BCUT2D eigenvalue weighted by Gasteiger charge is 2.19. The van der Waals surface area contributed by atoms with Crippen LogP contribution in [-0.2, 0) is 4.79 Å². The Balaban J connectivity index is 1.41. The lowest BCUT2D eigenvalue weighted by atomic mass is 10.1. The van der Waals surface area contributed by atoms with E-state index in [4.69, 9.17) is 23.2 Å². The van der Waals surface area contributed by atoms with E-state index >= 15 is 0 Å². The molecule has 0 bridgehead atoms. The fourth-order valence-electron chi connectivity index (χ4n) is 3.35. The van der Waals surface area contributed by atoms with E-state index in [-0.39, 0.29) is 11.2 Å². The molecule has 0 saturated carbocycles.